The van der Waals surface area contributed by atoms with Crippen molar-refractivity contribution in [2.45, 2.75) is 19.9 Å². The second-order valence-corrected chi connectivity index (χ2v) is 4.26. The maximum absolute atomic E-state index is 11.1. The van der Waals surface area contributed by atoms with Gasteiger partial charge >= 0.3 is 0 Å². The summed E-state index contributed by atoms with van der Waals surface area (Å²) in [5, 5.41) is 12.2. The van der Waals surface area contributed by atoms with E-state index in [1.807, 2.05) is 13.8 Å². The normalized spacial score (nSPS) is 14.1. The molecule has 17 heavy (non-hydrogen) atoms. The van der Waals surface area contributed by atoms with E-state index < -0.39 is 5.91 Å². The minimum absolute atomic E-state index is 0.0467. The van der Waals surface area contributed by atoms with E-state index in [1.165, 1.54) is 0 Å². The summed E-state index contributed by atoms with van der Waals surface area (Å²) in [7, 11) is 0. The smallest absolute Gasteiger partial charge is 0.248 e. The molecule has 5 nitrogen and oxygen atoms in total. The predicted molar refractivity (Wildman–Crippen MR) is 68.7 cm³/mol. The zero-order valence-corrected chi connectivity index (χ0v) is 10.1. The number of rotatable bonds is 5. The van der Waals surface area contributed by atoms with Gasteiger partial charge in [0.05, 0.1) is 11.4 Å². The Balaban J connectivity index is 2.89. The number of hydrogen-bond acceptors (Lipinski definition) is 4. The maximum atomic E-state index is 11.1. The standard InChI is InChI=1S/C12H19N3O2/c1-7(6-16)8(2)15-11-5-9(12(14)17)3-4-10(11)13/h3-5,7-8,15-16H,6,13H2,1-2H3,(H2,14,17). The first kappa shape index (κ1) is 13.3. The van der Waals surface area contributed by atoms with E-state index in [0.717, 1.165) is 0 Å². The highest BCUT2D eigenvalue weighted by molar-refractivity contribution is 5.94. The Morgan fingerprint density at radius 3 is 2.65 bits per heavy atom. The summed E-state index contributed by atoms with van der Waals surface area (Å²) < 4.78 is 0. The highest BCUT2D eigenvalue weighted by atomic mass is 16.3. The van der Waals surface area contributed by atoms with Gasteiger partial charge in [0.15, 0.2) is 0 Å². The van der Waals surface area contributed by atoms with Crippen molar-refractivity contribution in [1.29, 1.82) is 0 Å². The Kier molecular flexibility index (Phi) is 4.34. The molecule has 6 N–H and O–H groups in total. The Morgan fingerprint density at radius 2 is 2.12 bits per heavy atom. The fraction of sp³-hybridized carbons (Fsp3) is 0.417. The highest BCUT2D eigenvalue weighted by Gasteiger charge is 2.13. The number of primary amides is 1. The van der Waals surface area contributed by atoms with Crippen LogP contribution in [0.1, 0.15) is 24.2 Å². The minimum Gasteiger partial charge on any atom is -0.397 e. The molecule has 0 heterocycles. The molecule has 0 saturated carbocycles. The zero-order chi connectivity index (χ0) is 13.0. The molecule has 94 valence electrons. The van der Waals surface area contributed by atoms with Gasteiger partial charge in [-0.25, -0.2) is 0 Å². The second-order valence-electron chi connectivity index (χ2n) is 4.26. The van der Waals surface area contributed by atoms with Gasteiger partial charge in [-0.15, -0.1) is 0 Å². The molecule has 0 aliphatic heterocycles. The number of nitrogens with two attached hydrogens (primary N) is 2. The molecule has 1 rings (SSSR count). The van der Waals surface area contributed by atoms with E-state index in [9.17, 15) is 4.79 Å². The summed E-state index contributed by atoms with van der Waals surface area (Å²) in [6.45, 7) is 3.95. The number of aliphatic hydroxyl groups excluding tert-OH is 1. The van der Waals surface area contributed by atoms with Crippen molar-refractivity contribution in [1.82, 2.24) is 0 Å². The quantitative estimate of drug-likeness (QED) is 0.569. The van der Waals surface area contributed by atoms with Crippen LogP contribution in [0.2, 0.25) is 0 Å². The Morgan fingerprint density at radius 1 is 1.47 bits per heavy atom. The molecule has 2 unspecified atom stereocenters. The maximum Gasteiger partial charge on any atom is 0.248 e. The minimum atomic E-state index is -0.490. The summed E-state index contributed by atoms with van der Waals surface area (Å²) in [6.07, 6.45) is 0. The number of anilines is 2. The molecule has 0 aliphatic rings. The van der Waals surface area contributed by atoms with Crippen molar-refractivity contribution in [2.75, 3.05) is 17.7 Å². The number of carbonyl (C=O) groups excluding carboxylic acids is 1. The van der Waals surface area contributed by atoms with Gasteiger partial charge in [0.2, 0.25) is 5.91 Å². The van der Waals surface area contributed by atoms with Crippen LogP contribution in [0.5, 0.6) is 0 Å². The van der Waals surface area contributed by atoms with Crippen molar-refractivity contribution in [3.8, 4) is 0 Å². The molecule has 1 aromatic carbocycles. The van der Waals surface area contributed by atoms with Gasteiger partial charge in [0.1, 0.15) is 0 Å². The van der Waals surface area contributed by atoms with Crippen LogP contribution in [-0.4, -0.2) is 23.7 Å². The van der Waals surface area contributed by atoms with E-state index in [1.54, 1.807) is 18.2 Å². The van der Waals surface area contributed by atoms with Gasteiger partial charge in [0.25, 0.3) is 0 Å². The van der Waals surface area contributed by atoms with E-state index >= 15 is 0 Å². The monoisotopic (exact) mass is 237 g/mol. The first-order valence-electron chi connectivity index (χ1n) is 5.52. The van der Waals surface area contributed by atoms with Crippen LogP contribution in [-0.2, 0) is 0 Å². The number of benzene rings is 1. The average molecular weight is 237 g/mol. The van der Waals surface area contributed by atoms with Crippen LogP contribution >= 0.6 is 0 Å². The van der Waals surface area contributed by atoms with Crippen LogP contribution in [0.3, 0.4) is 0 Å². The number of hydrogen-bond donors (Lipinski definition) is 4. The number of nitrogens with one attached hydrogen (secondary N) is 1. The van der Waals surface area contributed by atoms with E-state index in [4.69, 9.17) is 16.6 Å². The summed E-state index contributed by atoms with van der Waals surface area (Å²) in [5.41, 5.74) is 12.6. The Bertz CT molecular complexity index is 407. The van der Waals surface area contributed by atoms with Gasteiger partial charge in [-0.1, -0.05) is 6.92 Å². The van der Waals surface area contributed by atoms with E-state index in [2.05, 4.69) is 5.32 Å². The lowest BCUT2D eigenvalue weighted by Gasteiger charge is -2.21. The summed E-state index contributed by atoms with van der Waals surface area (Å²) >= 11 is 0. The molecule has 5 heteroatoms. The summed E-state index contributed by atoms with van der Waals surface area (Å²) in [6, 6.07) is 4.89. The Labute approximate surface area is 101 Å². The summed E-state index contributed by atoms with van der Waals surface area (Å²) in [5.74, 6) is -0.400. The molecular weight excluding hydrogens is 218 g/mol. The van der Waals surface area contributed by atoms with Gasteiger partial charge in [-0.3, -0.25) is 4.79 Å². The van der Waals surface area contributed by atoms with Crippen molar-refractivity contribution in [2.24, 2.45) is 11.7 Å². The number of aliphatic hydroxyl groups is 1. The third-order valence-electron chi connectivity index (χ3n) is 2.86. The van der Waals surface area contributed by atoms with Crippen LogP contribution in [0.4, 0.5) is 11.4 Å². The van der Waals surface area contributed by atoms with Gasteiger partial charge in [-0.05, 0) is 31.0 Å². The molecule has 0 aliphatic carbocycles. The van der Waals surface area contributed by atoms with Crippen LogP contribution in [0, 0.1) is 5.92 Å². The molecule has 1 aromatic rings. The Hall–Kier alpha value is -1.75. The third-order valence-corrected chi connectivity index (χ3v) is 2.86. The molecule has 0 fully saturated rings. The largest absolute Gasteiger partial charge is 0.397 e. The fourth-order valence-corrected chi connectivity index (χ4v) is 1.38. The lowest BCUT2D eigenvalue weighted by atomic mass is 10.0. The first-order chi connectivity index (χ1) is 7.95. The van der Waals surface area contributed by atoms with E-state index in [0.29, 0.717) is 16.9 Å². The van der Waals surface area contributed by atoms with Gasteiger partial charge < -0.3 is 21.9 Å². The average Bonchev–Trinajstić information content (AvgIpc) is 2.30. The lowest BCUT2D eigenvalue weighted by Crippen LogP contribution is -2.26. The summed E-state index contributed by atoms with van der Waals surface area (Å²) in [4.78, 5) is 11.1. The molecule has 0 radical (unpaired) electrons. The lowest BCUT2D eigenvalue weighted by molar-refractivity contribution is 0.100. The zero-order valence-electron chi connectivity index (χ0n) is 10.1. The second kappa shape index (κ2) is 5.54. The highest BCUT2D eigenvalue weighted by Crippen LogP contribution is 2.22. The van der Waals surface area contributed by atoms with Gasteiger partial charge in [0, 0.05) is 18.2 Å². The SMILES string of the molecule is CC(CO)C(C)Nc1cc(C(N)=O)ccc1N. The molecular formula is C12H19N3O2. The molecule has 0 saturated heterocycles. The topological polar surface area (TPSA) is 101 Å². The number of amides is 1. The van der Waals surface area contributed by atoms with Crippen LogP contribution < -0.4 is 16.8 Å². The fourth-order valence-electron chi connectivity index (χ4n) is 1.38. The van der Waals surface area contributed by atoms with Crippen molar-refractivity contribution in [3.05, 3.63) is 23.8 Å². The van der Waals surface area contributed by atoms with E-state index in [-0.39, 0.29) is 18.6 Å². The molecule has 0 spiro atoms. The van der Waals surface area contributed by atoms with Crippen LogP contribution in [0.15, 0.2) is 18.2 Å². The van der Waals surface area contributed by atoms with Crippen molar-refractivity contribution in [3.63, 3.8) is 0 Å². The van der Waals surface area contributed by atoms with Crippen molar-refractivity contribution >= 4 is 17.3 Å². The number of carbonyl (C=O) groups is 1. The first-order valence-corrected chi connectivity index (χ1v) is 5.52. The van der Waals surface area contributed by atoms with Gasteiger partial charge in [-0.2, -0.15) is 0 Å². The third kappa shape index (κ3) is 3.35. The molecule has 1 amide bonds. The van der Waals surface area contributed by atoms with Crippen molar-refractivity contribution < 1.29 is 9.90 Å². The molecule has 2 atom stereocenters. The predicted octanol–water partition coefficient (Wildman–Crippen LogP) is 0.796. The number of nitrogen functional groups attached to an aromatic ring is 1. The molecule has 0 bridgehead atoms. The van der Waals surface area contributed by atoms with Crippen LogP contribution in [0.25, 0.3) is 0 Å². The molecule has 0 aromatic heterocycles.